The summed E-state index contributed by atoms with van der Waals surface area (Å²) in [6, 6.07) is 12.1. The molecule has 0 bridgehead atoms. The van der Waals surface area contributed by atoms with E-state index in [0.717, 1.165) is 0 Å². The van der Waals surface area contributed by atoms with Gasteiger partial charge in [-0.15, -0.1) is 0 Å². The van der Waals surface area contributed by atoms with E-state index in [2.05, 4.69) is 0 Å². The van der Waals surface area contributed by atoms with E-state index in [4.69, 9.17) is 13.9 Å². The molecule has 3 rings (SSSR count). The molecular formula is C19H16O5. The normalized spacial score (nSPS) is 10.6. The molecule has 5 nitrogen and oxygen atoms in total. The molecule has 122 valence electrons. The first kappa shape index (κ1) is 15.8. The molecule has 0 aliphatic heterocycles. The zero-order valence-corrected chi connectivity index (χ0v) is 13.6. The number of hydrogen-bond donors (Lipinski definition) is 0. The Morgan fingerprint density at radius 3 is 2.46 bits per heavy atom. The second-order valence-corrected chi connectivity index (χ2v) is 5.39. The van der Waals surface area contributed by atoms with E-state index in [0.29, 0.717) is 33.6 Å². The summed E-state index contributed by atoms with van der Waals surface area (Å²) in [6.07, 6.45) is 0. The van der Waals surface area contributed by atoms with Crippen LogP contribution in [0.2, 0.25) is 0 Å². The molecule has 5 heteroatoms. The third-order valence-corrected chi connectivity index (χ3v) is 3.70. The van der Waals surface area contributed by atoms with Crippen molar-refractivity contribution in [3.8, 4) is 11.5 Å². The number of esters is 1. The average Bonchev–Trinajstić information content (AvgIpc) is 2.58. The van der Waals surface area contributed by atoms with Crippen LogP contribution in [0.15, 0.2) is 51.7 Å². The van der Waals surface area contributed by atoms with Crippen molar-refractivity contribution in [1.29, 1.82) is 0 Å². The number of carbonyl (C=O) groups is 1. The van der Waals surface area contributed by atoms with Crippen LogP contribution in [-0.4, -0.2) is 13.1 Å². The van der Waals surface area contributed by atoms with Crippen LogP contribution in [0.25, 0.3) is 11.0 Å². The summed E-state index contributed by atoms with van der Waals surface area (Å²) in [7, 11) is 1.31. The summed E-state index contributed by atoms with van der Waals surface area (Å²) in [6.45, 7) is 3.40. The standard InChI is InChI=1S/C19H16O5/c1-11-9-13(19(21)22-3)10-15-16(11)17(20)18(12(2)23-15)24-14-7-5-4-6-8-14/h4-10H,1-3H3. The molecule has 0 amide bonds. The lowest BCUT2D eigenvalue weighted by molar-refractivity contribution is 0.0600. The molecule has 0 atom stereocenters. The molecular weight excluding hydrogens is 308 g/mol. The van der Waals surface area contributed by atoms with Crippen molar-refractivity contribution >= 4 is 16.9 Å². The van der Waals surface area contributed by atoms with Crippen LogP contribution < -0.4 is 10.2 Å². The van der Waals surface area contributed by atoms with Crippen molar-refractivity contribution in [2.24, 2.45) is 0 Å². The number of methoxy groups -OCH3 is 1. The molecule has 0 saturated carbocycles. The van der Waals surface area contributed by atoms with E-state index in [9.17, 15) is 9.59 Å². The van der Waals surface area contributed by atoms with Crippen LogP contribution in [0, 0.1) is 13.8 Å². The molecule has 0 N–H and O–H groups in total. The van der Waals surface area contributed by atoms with Crippen LogP contribution in [-0.2, 0) is 4.74 Å². The van der Waals surface area contributed by atoms with Crippen LogP contribution >= 0.6 is 0 Å². The molecule has 0 fully saturated rings. The fourth-order valence-electron chi connectivity index (χ4n) is 2.57. The summed E-state index contributed by atoms with van der Waals surface area (Å²) >= 11 is 0. The second-order valence-electron chi connectivity index (χ2n) is 5.39. The summed E-state index contributed by atoms with van der Waals surface area (Å²) in [5, 5.41) is 0.388. The monoisotopic (exact) mass is 324 g/mol. The fraction of sp³-hybridized carbons (Fsp3) is 0.158. The van der Waals surface area contributed by atoms with Gasteiger partial charge in [-0.25, -0.2) is 4.79 Å². The minimum Gasteiger partial charge on any atom is -0.465 e. The molecule has 2 aromatic carbocycles. The number of para-hydroxylation sites is 1. The number of ether oxygens (including phenoxy) is 2. The number of hydrogen-bond acceptors (Lipinski definition) is 5. The first-order valence-electron chi connectivity index (χ1n) is 7.40. The van der Waals surface area contributed by atoms with E-state index in [1.807, 2.05) is 18.2 Å². The van der Waals surface area contributed by atoms with Gasteiger partial charge in [-0.3, -0.25) is 4.79 Å². The molecule has 1 heterocycles. The van der Waals surface area contributed by atoms with Crippen molar-refractivity contribution in [2.45, 2.75) is 13.8 Å². The highest BCUT2D eigenvalue weighted by Gasteiger charge is 2.18. The van der Waals surface area contributed by atoms with Crippen molar-refractivity contribution in [3.63, 3.8) is 0 Å². The Labute approximate surface area is 138 Å². The van der Waals surface area contributed by atoms with E-state index < -0.39 is 5.97 Å². The largest absolute Gasteiger partial charge is 0.465 e. The van der Waals surface area contributed by atoms with E-state index in [1.165, 1.54) is 13.2 Å². The van der Waals surface area contributed by atoms with Gasteiger partial charge < -0.3 is 13.9 Å². The number of aryl methyl sites for hydroxylation is 2. The number of rotatable bonds is 3. The molecule has 1 aromatic heterocycles. The van der Waals surface area contributed by atoms with E-state index in [-0.39, 0.29) is 11.2 Å². The van der Waals surface area contributed by atoms with Gasteiger partial charge in [-0.05, 0) is 43.7 Å². The molecule has 0 aliphatic carbocycles. The van der Waals surface area contributed by atoms with Gasteiger partial charge in [0.25, 0.3) is 0 Å². The zero-order valence-electron chi connectivity index (χ0n) is 13.6. The van der Waals surface area contributed by atoms with E-state index >= 15 is 0 Å². The van der Waals surface area contributed by atoms with Gasteiger partial charge in [0.1, 0.15) is 17.1 Å². The van der Waals surface area contributed by atoms with Crippen LogP contribution in [0.3, 0.4) is 0 Å². The Bertz CT molecular complexity index is 970. The summed E-state index contributed by atoms with van der Waals surface area (Å²) in [5.41, 5.74) is 1.02. The van der Waals surface area contributed by atoms with Crippen LogP contribution in [0.1, 0.15) is 21.7 Å². The van der Waals surface area contributed by atoms with Crippen molar-refractivity contribution < 1.29 is 18.7 Å². The molecule has 0 unspecified atom stereocenters. The lowest BCUT2D eigenvalue weighted by Crippen LogP contribution is -2.10. The van der Waals surface area contributed by atoms with Crippen molar-refractivity contribution in [3.05, 3.63) is 69.6 Å². The summed E-state index contributed by atoms with van der Waals surface area (Å²) in [5.74, 6) is 0.557. The van der Waals surface area contributed by atoms with E-state index in [1.54, 1.807) is 32.0 Å². The van der Waals surface area contributed by atoms with Gasteiger partial charge >= 0.3 is 5.97 Å². The van der Waals surface area contributed by atoms with Gasteiger partial charge in [0.2, 0.25) is 11.2 Å². The minimum absolute atomic E-state index is 0.141. The smallest absolute Gasteiger partial charge is 0.337 e. The molecule has 0 aliphatic rings. The lowest BCUT2D eigenvalue weighted by atomic mass is 10.1. The second kappa shape index (κ2) is 6.20. The van der Waals surface area contributed by atoms with Gasteiger partial charge in [0.15, 0.2) is 0 Å². The van der Waals surface area contributed by atoms with Crippen LogP contribution in [0.4, 0.5) is 0 Å². The molecule has 0 radical (unpaired) electrons. The predicted octanol–water partition coefficient (Wildman–Crippen LogP) is 3.99. The van der Waals surface area contributed by atoms with Crippen molar-refractivity contribution in [2.75, 3.05) is 7.11 Å². The summed E-state index contributed by atoms with van der Waals surface area (Å²) in [4.78, 5) is 24.5. The summed E-state index contributed by atoms with van der Waals surface area (Å²) < 4.78 is 16.2. The number of fused-ring (bicyclic) bond motifs is 1. The average molecular weight is 324 g/mol. The van der Waals surface area contributed by atoms with Gasteiger partial charge in [0, 0.05) is 0 Å². The topological polar surface area (TPSA) is 65.7 Å². The Morgan fingerprint density at radius 2 is 1.79 bits per heavy atom. The highest BCUT2D eigenvalue weighted by atomic mass is 16.5. The third kappa shape index (κ3) is 2.76. The highest BCUT2D eigenvalue weighted by molar-refractivity contribution is 5.95. The SMILES string of the molecule is COC(=O)c1cc(C)c2c(=O)c(Oc3ccccc3)c(C)oc2c1. The number of carbonyl (C=O) groups excluding carboxylic acids is 1. The predicted molar refractivity (Wildman–Crippen MR) is 89.8 cm³/mol. The van der Waals surface area contributed by atoms with Gasteiger partial charge in [-0.1, -0.05) is 18.2 Å². The Balaban J connectivity index is 2.19. The molecule has 0 saturated heterocycles. The Morgan fingerprint density at radius 1 is 1.08 bits per heavy atom. The minimum atomic E-state index is -0.482. The Kier molecular flexibility index (Phi) is 4.08. The molecule has 0 spiro atoms. The third-order valence-electron chi connectivity index (χ3n) is 3.70. The quantitative estimate of drug-likeness (QED) is 0.682. The maximum absolute atomic E-state index is 12.8. The number of benzene rings is 2. The fourth-order valence-corrected chi connectivity index (χ4v) is 2.57. The first-order valence-corrected chi connectivity index (χ1v) is 7.40. The molecule has 3 aromatic rings. The maximum Gasteiger partial charge on any atom is 0.337 e. The lowest BCUT2D eigenvalue weighted by Gasteiger charge is -2.10. The van der Waals surface area contributed by atoms with Crippen LogP contribution in [0.5, 0.6) is 11.5 Å². The van der Waals surface area contributed by atoms with Gasteiger partial charge in [0.05, 0.1) is 18.1 Å². The Hall–Kier alpha value is -3.08. The van der Waals surface area contributed by atoms with Crippen molar-refractivity contribution in [1.82, 2.24) is 0 Å². The zero-order chi connectivity index (χ0) is 17.3. The molecule has 24 heavy (non-hydrogen) atoms. The maximum atomic E-state index is 12.8. The first-order chi connectivity index (χ1) is 11.5. The van der Waals surface area contributed by atoms with Gasteiger partial charge in [-0.2, -0.15) is 0 Å². The highest BCUT2D eigenvalue weighted by Crippen LogP contribution is 2.27.